The van der Waals surface area contributed by atoms with Crippen LogP contribution in [0.3, 0.4) is 0 Å². The van der Waals surface area contributed by atoms with E-state index >= 15 is 0 Å². The summed E-state index contributed by atoms with van der Waals surface area (Å²) < 4.78 is 6.00. The molecule has 0 aromatic heterocycles. The zero-order chi connectivity index (χ0) is 12.3. The molecule has 0 heterocycles. The average Bonchev–Trinajstić information content (AvgIpc) is 2.33. The lowest BCUT2D eigenvalue weighted by molar-refractivity contribution is 0.135. The van der Waals surface area contributed by atoms with Gasteiger partial charge < -0.3 is 10.5 Å². The molecule has 1 aliphatic carbocycles. The summed E-state index contributed by atoms with van der Waals surface area (Å²) in [6.07, 6.45) is 5.38. The van der Waals surface area contributed by atoms with E-state index in [1.54, 1.807) is 0 Å². The third-order valence-electron chi connectivity index (χ3n) is 3.67. The monoisotopic (exact) mass is 233 g/mol. The fourth-order valence-electron chi connectivity index (χ4n) is 2.39. The summed E-state index contributed by atoms with van der Waals surface area (Å²) in [4.78, 5) is 0. The lowest BCUT2D eigenvalue weighted by atomic mass is 9.89. The average molecular weight is 233 g/mol. The van der Waals surface area contributed by atoms with Crippen molar-refractivity contribution in [3.8, 4) is 5.75 Å². The molecule has 2 heteroatoms. The fourth-order valence-corrected chi connectivity index (χ4v) is 2.39. The predicted octanol–water partition coefficient (Wildman–Crippen LogP) is 3.66. The summed E-state index contributed by atoms with van der Waals surface area (Å²) in [6, 6.07) is 8.30. The summed E-state index contributed by atoms with van der Waals surface area (Å²) in [5, 5.41) is 0. The number of hydrogen-bond donors (Lipinski definition) is 1. The van der Waals surface area contributed by atoms with Gasteiger partial charge in [-0.15, -0.1) is 0 Å². The molecule has 0 amide bonds. The van der Waals surface area contributed by atoms with E-state index in [0.717, 1.165) is 17.2 Å². The molecule has 0 unspecified atom stereocenters. The van der Waals surface area contributed by atoms with Crippen LogP contribution < -0.4 is 10.5 Å². The van der Waals surface area contributed by atoms with Crippen LogP contribution in [-0.2, 0) is 0 Å². The van der Waals surface area contributed by atoms with Gasteiger partial charge in [-0.3, -0.25) is 0 Å². The SMILES string of the molecule is CC1CCC(Oc2ccc([C@H](C)N)cc2)CC1. The third kappa shape index (κ3) is 3.47. The van der Waals surface area contributed by atoms with Crippen LogP contribution in [0.5, 0.6) is 5.75 Å². The van der Waals surface area contributed by atoms with Gasteiger partial charge in [0.2, 0.25) is 0 Å². The Bertz CT molecular complexity index is 336. The van der Waals surface area contributed by atoms with E-state index in [4.69, 9.17) is 10.5 Å². The molecular weight excluding hydrogens is 210 g/mol. The Morgan fingerprint density at radius 2 is 1.71 bits per heavy atom. The van der Waals surface area contributed by atoms with Crippen LogP contribution in [0.25, 0.3) is 0 Å². The summed E-state index contributed by atoms with van der Waals surface area (Å²) >= 11 is 0. The first kappa shape index (κ1) is 12.4. The van der Waals surface area contributed by atoms with Crippen molar-refractivity contribution >= 4 is 0 Å². The van der Waals surface area contributed by atoms with Gasteiger partial charge in [0, 0.05) is 6.04 Å². The predicted molar refractivity (Wildman–Crippen MR) is 71.1 cm³/mol. The second kappa shape index (κ2) is 5.54. The molecule has 0 bridgehead atoms. The maximum atomic E-state index is 6.00. The van der Waals surface area contributed by atoms with Gasteiger partial charge in [-0.25, -0.2) is 0 Å². The Balaban J connectivity index is 1.90. The molecule has 1 atom stereocenters. The first-order valence-corrected chi connectivity index (χ1v) is 6.67. The summed E-state index contributed by atoms with van der Waals surface area (Å²) in [5.74, 6) is 1.85. The minimum atomic E-state index is 0.0968. The highest BCUT2D eigenvalue weighted by atomic mass is 16.5. The fraction of sp³-hybridized carbons (Fsp3) is 0.600. The van der Waals surface area contributed by atoms with E-state index in [9.17, 15) is 0 Å². The Kier molecular flexibility index (Phi) is 4.06. The number of hydrogen-bond acceptors (Lipinski definition) is 2. The molecular formula is C15H23NO. The normalized spacial score (nSPS) is 26.5. The summed E-state index contributed by atoms with van der Waals surface area (Å²) in [6.45, 7) is 4.33. The lowest BCUT2D eigenvalue weighted by Crippen LogP contribution is -2.23. The molecule has 2 nitrogen and oxygen atoms in total. The van der Waals surface area contributed by atoms with Crippen molar-refractivity contribution < 1.29 is 4.74 Å². The molecule has 1 aromatic rings. The van der Waals surface area contributed by atoms with Crippen molar-refractivity contribution in [2.24, 2.45) is 11.7 Å². The topological polar surface area (TPSA) is 35.2 Å². The van der Waals surface area contributed by atoms with Gasteiger partial charge in [0.15, 0.2) is 0 Å². The van der Waals surface area contributed by atoms with E-state index < -0.39 is 0 Å². The second-order valence-corrected chi connectivity index (χ2v) is 5.36. The standard InChI is InChI=1S/C15H23NO/c1-11-3-7-14(8-4-11)17-15-9-5-13(6-10-15)12(2)16/h5-6,9-12,14H,3-4,7-8,16H2,1-2H3/t11?,12-,14?/m0/s1. The van der Waals surface area contributed by atoms with E-state index in [1.807, 2.05) is 19.1 Å². The smallest absolute Gasteiger partial charge is 0.119 e. The zero-order valence-corrected chi connectivity index (χ0v) is 10.9. The molecule has 1 aromatic carbocycles. The first-order chi connectivity index (χ1) is 8.15. The van der Waals surface area contributed by atoms with Crippen LogP contribution in [0.4, 0.5) is 0 Å². The van der Waals surface area contributed by atoms with Gasteiger partial charge in [0.1, 0.15) is 5.75 Å². The van der Waals surface area contributed by atoms with E-state index in [1.165, 1.54) is 25.7 Å². The van der Waals surface area contributed by atoms with Crippen LogP contribution in [-0.4, -0.2) is 6.10 Å². The molecule has 1 fully saturated rings. The zero-order valence-electron chi connectivity index (χ0n) is 10.9. The molecule has 2 N–H and O–H groups in total. The highest BCUT2D eigenvalue weighted by Gasteiger charge is 2.19. The second-order valence-electron chi connectivity index (χ2n) is 5.36. The highest BCUT2D eigenvalue weighted by Crippen LogP contribution is 2.27. The van der Waals surface area contributed by atoms with E-state index in [-0.39, 0.29) is 6.04 Å². The van der Waals surface area contributed by atoms with Crippen molar-refractivity contribution in [3.05, 3.63) is 29.8 Å². The highest BCUT2D eigenvalue weighted by molar-refractivity contribution is 5.28. The molecule has 94 valence electrons. The Hall–Kier alpha value is -1.02. The molecule has 0 spiro atoms. The maximum Gasteiger partial charge on any atom is 0.119 e. The first-order valence-electron chi connectivity index (χ1n) is 6.67. The molecule has 17 heavy (non-hydrogen) atoms. The van der Waals surface area contributed by atoms with Crippen LogP contribution in [0.1, 0.15) is 51.1 Å². The minimum Gasteiger partial charge on any atom is -0.490 e. The Morgan fingerprint density at radius 3 is 2.24 bits per heavy atom. The molecule has 0 aliphatic heterocycles. The third-order valence-corrected chi connectivity index (χ3v) is 3.67. The number of rotatable bonds is 3. The van der Waals surface area contributed by atoms with Crippen LogP contribution in [0, 0.1) is 5.92 Å². The molecule has 1 saturated carbocycles. The molecule has 1 aliphatic rings. The Morgan fingerprint density at radius 1 is 1.12 bits per heavy atom. The Labute approximate surface area is 104 Å². The number of benzene rings is 1. The quantitative estimate of drug-likeness (QED) is 0.864. The van der Waals surface area contributed by atoms with Crippen LogP contribution in [0.15, 0.2) is 24.3 Å². The largest absolute Gasteiger partial charge is 0.490 e. The molecule has 0 saturated heterocycles. The lowest BCUT2D eigenvalue weighted by Gasteiger charge is -2.27. The van der Waals surface area contributed by atoms with Gasteiger partial charge in [0.25, 0.3) is 0 Å². The molecule has 2 rings (SSSR count). The number of nitrogens with two attached hydrogens (primary N) is 1. The number of ether oxygens (including phenoxy) is 1. The van der Waals surface area contributed by atoms with Gasteiger partial charge in [-0.05, 0) is 56.2 Å². The van der Waals surface area contributed by atoms with Crippen LogP contribution >= 0.6 is 0 Å². The van der Waals surface area contributed by atoms with Crippen molar-refractivity contribution in [2.45, 2.75) is 51.7 Å². The summed E-state index contributed by atoms with van der Waals surface area (Å²) in [5.41, 5.74) is 6.98. The van der Waals surface area contributed by atoms with Crippen molar-refractivity contribution in [2.75, 3.05) is 0 Å². The van der Waals surface area contributed by atoms with E-state index in [2.05, 4.69) is 19.1 Å². The molecule has 0 radical (unpaired) electrons. The van der Waals surface area contributed by atoms with Gasteiger partial charge in [-0.1, -0.05) is 19.1 Å². The summed E-state index contributed by atoms with van der Waals surface area (Å²) in [7, 11) is 0. The van der Waals surface area contributed by atoms with Crippen LogP contribution in [0.2, 0.25) is 0 Å². The minimum absolute atomic E-state index is 0.0968. The van der Waals surface area contributed by atoms with Crippen molar-refractivity contribution in [1.29, 1.82) is 0 Å². The maximum absolute atomic E-state index is 6.00. The van der Waals surface area contributed by atoms with Gasteiger partial charge >= 0.3 is 0 Å². The van der Waals surface area contributed by atoms with Gasteiger partial charge in [0.05, 0.1) is 6.10 Å². The van der Waals surface area contributed by atoms with Crippen molar-refractivity contribution in [3.63, 3.8) is 0 Å². The van der Waals surface area contributed by atoms with Crippen molar-refractivity contribution in [1.82, 2.24) is 0 Å². The van der Waals surface area contributed by atoms with E-state index in [0.29, 0.717) is 6.10 Å². The van der Waals surface area contributed by atoms with Gasteiger partial charge in [-0.2, -0.15) is 0 Å².